The van der Waals surface area contributed by atoms with Crippen LogP contribution < -0.4 is 10.1 Å². The maximum Gasteiger partial charge on any atom is 0.234 e. The third-order valence-electron chi connectivity index (χ3n) is 4.15. The molecule has 1 saturated carbocycles. The summed E-state index contributed by atoms with van der Waals surface area (Å²) in [7, 11) is 1.64. The van der Waals surface area contributed by atoms with Crippen LogP contribution in [-0.2, 0) is 4.79 Å². The molecular weight excluding hydrogens is 268 g/mol. The molecule has 2 atom stereocenters. The van der Waals surface area contributed by atoms with Gasteiger partial charge >= 0.3 is 0 Å². The first-order valence-corrected chi connectivity index (χ1v) is 7.51. The summed E-state index contributed by atoms with van der Waals surface area (Å²) in [4.78, 5) is 14.0. The average Bonchev–Trinajstić information content (AvgIpc) is 3.20. The normalized spacial score (nSPS) is 25.8. The predicted molar refractivity (Wildman–Crippen MR) is 79.1 cm³/mol. The van der Waals surface area contributed by atoms with Gasteiger partial charge in [0.25, 0.3) is 0 Å². The van der Waals surface area contributed by atoms with Gasteiger partial charge in [0, 0.05) is 18.6 Å². The number of likely N-dealkylation sites (tertiary alicyclic amines) is 1. The Morgan fingerprint density at radius 3 is 3.00 bits per heavy atom. The highest BCUT2D eigenvalue weighted by Gasteiger charge is 2.34. The summed E-state index contributed by atoms with van der Waals surface area (Å²) in [6, 6.07) is 8.30. The second-order valence-electron chi connectivity index (χ2n) is 5.95. The lowest BCUT2D eigenvalue weighted by atomic mass is 10.0. The fourth-order valence-corrected chi connectivity index (χ4v) is 2.94. The maximum absolute atomic E-state index is 12.0. The smallest absolute Gasteiger partial charge is 0.234 e. The van der Waals surface area contributed by atoms with Gasteiger partial charge in [-0.15, -0.1) is 0 Å². The fourth-order valence-electron chi connectivity index (χ4n) is 2.94. The molecule has 0 unspecified atom stereocenters. The number of ether oxygens (including phenoxy) is 1. The lowest BCUT2D eigenvalue weighted by Gasteiger charge is -2.24. The highest BCUT2D eigenvalue weighted by Crippen LogP contribution is 2.33. The number of benzene rings is 1. The predicted octanol–water partition coefficient (Wildman–Crippen LogP) is 1.08. The number of carbonyl (C=O) groups excluding carboxylic acids is 1. The molecule has 0 bridgehead atoms. The largest absolute Gasteiger partial charge is 0.497 e. The third kappa shape index (κ3) is 3.54. The number of β-amino-alcohol motifs (C(OH)–C–C–N with tert-alkyl or cyclic N) is 1. The van der Waals surface area contributed by atoms with E-state index in [2.05, 4.69) is 10.2 Å². The Balaban J connectivity index is 1.70. The minimum atomic E-state index is -0.380. The fraction of sp³-hybridized carbons (Fsp3) is 0.562. The van der Waals surface area contributed by atoms with Gasteiger partial charge in [0.1, 0.15) is 5.75 Å². The van der Waals surface area contributed by atoms with E-state index < -0.39 is 0 Å². The zero-order valence-corrected chi connectivity index (χ0v) is 12.3. The van der Waals surface area contributed by atoms with E-state index in [1.807, 2.05) is 24.3 Å². The van der Waals surface area contributed by atoms with Gasteiger partial charge in [0.15, 0.2) is 0 Å². The van der Waals surface area contributed by atoms with Gasteiger partial charge in [0.05, 0.1) is 19.8 Å². The molecule has 21 heavy (non-hydrogen) atoms. The molecule has 1 aliphatic heterocycles. The summed E-state index contributed by atoms with van der Waals surface area (Å²) in [5, 5.41) is 13.0. The van der Waals surface area contributed by atoms with Crippen LogP contribution in [0.4, 0.5) is 0 Å². The Labute approximate surface area is 124 Å². The van der Waals surface area contributed by atoms with Gasteiger partial charge in [-0.1, -0.05) is 12.1 Å². The highest BCUT2D eigenvalue weighted by atomic mass is 16.5. The van der Waals surface area contributed by atoms with Crippen molar-refractivity contribution in [3.05, 3.63) is 29.8 Å². The van der Waals surface area contributed by atoms with E-state index in [9.17, 15) is 9.90 Å². The number of nitrogens with one attached hydrogen (secondary N) is 1. The van der Waals surface area contributed by atoms with Crippen LogP contribution in [0.3, 0.4) is 0 Å². The number of methoxy groups -OCH3 is 1. The van der Waals surface area contributed by atoms with Crippen molar-refractivity contribution in [2.75, 3.05) is 20.2 Å². The molecule has 2 N–H and O–H groups in total. The second-order valence-corrected chi connectivity index (χ2v) is 5.95. The van der Waals surface area contributed by atoms with E-state index in [0.717, 1.165) is 24.2 Å². The zero-order chi connectivity index (χ0) is 14.8. The van der Waals surface area contributed by atoms with E-state index in [1.165, 1.54) is 0 Å². The Hall–Kier alpha value is -1.59. The number of rotatable bonds is 5. The van der Waals surface area contributed by atoms with Gasteiger partial charge in [-0.25, -0.2) is 0 Å². The Morgan fingerprint density at radius 2 is 2.29 bits per heavy atom. The van der Waals surface area contributed by atoms with Gasteiger partial charge in [0.2, 0.25) is 5.91 Å². The Bertz CT molecular complexity index is 516. The van der Waals surface area contributed by atoms with E-state index in [1.54, 1.807) is 7.11 Å². The molecule has 1 heterocycles. The van der Waals surface area contributed by atoms with Crippen LogP contribution in [0.5, 0.6) is 5.75 Å². The first kappa shape index (κ1) is 14.4. The molecule has 0 spiro atoms. The van der Waals surface area contributed by atoms with Crippen LogP contribution in [-0.4, -0.2) is 48.3 Å². The van der Waals surface area contributed by atoms with Crippen molar-refractivity contribution in [2.45, 2.75) is 37.5 Å². The first-order chi connectivity index (χ1) is 10.2. The van der Waals surface area contributed by atoms with Crippen LogP contribution in [0.25, 0.3) is 0 Å². The molecule has 1 saturated heterocycles. The van der Waals surface area contributed by atoms with E-state index in [-0.39, 0.29) is 18.1 Å². The van der Waals surface area contributed by atoms with Gasteiger partial charge in [-0.05, 0) is 37.0 Å². The number of nitrogens with zero attached hydrogens (tertiary/aromatic N) is 1. The number of carbonyl (C=O) groups is 1. The minimum absolute atomic E-state index is 0.0551. The average molecular weight is 290 g/mol. The molecule has 1 amide bonds. The quantitative estimate of drug-likeness (QED) is 0.852. The highest BCUT2D eigenvalue weighted by molar-refractivity contribution is 5.78. The molecule has 1 aromatic carbocycles. The van der Waals surface area contributed by atoms with Crippen molar-refractivity contribution >= 4 is 5.91 Å². The number of aliphatic hydroxyl groups is 1. The van der Waals surface area contributed by atoms with Crippen molar-refractivity contribution in [2.24, 2.45) is 0 Å². The van der Waals surface area contributed by atoms with Crippen molar-refractivity contribution in [3.8, 4) is 5.75 Å². The maximum atomic E-state index is 12.0. The van der Waals surface area contributed by atoms with Crippen molar-refractivity contribution in [1.82, 2.24) is 10.2 Å². The Kier molecular flexibility index (Phi) is 4.12. The topological polar surface area (TPSA) is 61.8 Å². The van der Waals surface area contributed by atoms with Crippen LogP contribution in [0.15, 0.2) is 24.3 Å². The monoisotopic (exact) mass is 290 g/mol. The zero-order valence-electron chi connectivity index (χ0n) is 12.3. The molecular formula is C16H22N2O3. The molecule has 114 valence electrons. The molecule has 0 aromatic heterocycles. The SMILES string of the molecule is COc1cccc([C@H]2C[C@H](O)CN2CC(=O)NC2CC2)c1. The summed E-state index contributed by atoms with van der Waals surface area (Å²) in [6.07, 6.45) is 2.46. The van der Waals surface area contributed by atoms with Crippen molar-refractivity contribution in [1.29, 1.82) is 0 Å². The number of aliphatic hydroxyl groups excluding tert-OH is 1. The summed E-state index contributed by atoms with van der Waals surface area (Å²) in [6.45, 7) is 0.884. The second kappa shape index (κ2) is 6.03. The summed E-state index contributed by atoms with van der Waals surface area (Å²) >= 11 is 0. The van der Waals surface area contributed by atoms with E-state index >= 15 is 0 Å². The number of amides is 1. The number of hydrogen-bond acceptors (Lipinski definition) is 4. The van der Waals surface area contributed by atoms with Crippen LogP contribution in [0.2, 0.25) is 0 Å². The molecule has 1 aliphatic carbocycles. The molecule has 5 nitrogen and oxygen atoms in total. The van der Waals surface area contributed by atoms with Gasteiger partial charge < -0.3 is 15.2 Å². The van der Waals surface area contributed by atoms with E-state index in [0.29, 0.717) is 25.6 Å². The lowest BCUT2D eigenvalue weighted by Crippen LogP contribution is -2.38. The van der Waals surface area contributed by atoms with Crippen molar-refractivity contribution < 1.29 is 14.6 Å². The van der Waals surface area contributed by atoms with Crippen molar-refractivity contribution in [3.63, 3.8) is 0 Å². The molecule has 2 aliphatic rings. The third-order valence-corrected chi connectivity index (χ3v) is 4.15. The molecule has 3 rings (SSSR count). The molecule has 0 radical (unpaired) electrons. The lowest BCUT2D eigenvalue weighted by molar-refractivity contribution is -0.122. The molecule has 5 heteroatoms. The first-order valence-electron chi connectivity index (χ1n) is 7.51. The Morgan fingerprint density at radius 1 is 1.48 bits per heavy atom. The summed E-state index contributed by atoms with van der Waals surface area (Å²) < 4.78 is 5.26. The molecule has 2 fully saturated rings. The van der Waals surface area contributed by atoms with E-state index in [4.69, 9.17) is 4.74 Å². The van der Waals surface area contributed by atoms with Crippen LogP contribution >= 0.6 is 0 Å². The summed E-state index contributed by atoms with van der Waals surface area (Å²) in [5.74, 6) is 0.857. The van der Waals surface area contributed by atoms with Gasteiger partial charge in [-0.3, -0.25) is 9.69 Å². The van der Waals surface area contributed by atoms with Gasteiger partial charge in [-0.2, -0.15) is 0 Å². The number of hydrogen-bond donors (Lipinski definition) is 2. The molecule has 1 aromatic rings. The van der Waals surface area contributed by atoms with Crippen LogP contribution in [0.1, 0.15) is 30.9 Å². The standard InChI is InChI=1S/C16H22N2O3/c1-21-14-4-2-3-11(7-14)15-8-13(19)9-18(15)10-16(20)17-12-5-6-12/h2-4,7,12-13,15,19H,5-6,8-10H2,1H3,(H,17,20)/t13-,15+/m0/s1. The minimum Gasteiger partial charge on any atom is -0.497 e. The summed E-state index contributed by atoms with van der Waals surface area (Å²) in [5.41, 5.74) is 1.09. The van der Waals surface area contributed by atoms with Crippen LogP contribution in [0, 0.1) is 0 Å².